The maximum atomic E-state index is 5.53. The first-order valence-corrected chi connectivity index (χ1v) is 7.27. The van der Waals surface area contributed by atoms with Crippen molar-refractivity contribution >= 4 is 0 Å². The lowest BCUT2D eigenvalue weighted by Gasteiger charge is -2.37. The van der Waals surface area contributed by atoms with Gasteiger partial charge in [-0.3, -0.25) is 0 Å². The summed E-state index contributed by atoms with van der Waals surface area (Å²) in [7, 11) is 2.12. The van der Waals surface area contributed by atoms with Crippen molar-refractivity contribution in [2.24, 2.45) is 11.8 Å². The summed E-state index contributed by atoms with van der Waals surface area (Å²) < 4.78 is 5.53. The quantitative estimate of drug-likeness (QED) is 0.813. The molecule has 17 heavy (non-hydrogen) atoms. The van der Waals surface area contributed by atoms with Gasteiger partial charge in [-0.05, 0) is 44.6 Å². The molecular formula is C14H28N2O. The monoisotopic (exact) mass is 240 g/mol. The highest BCUT2D eigenvalue weighted by Crippen LogP contribution is 2.29. The Hall–Kier alpha value is -0.120. The number of rotatable bonds is 3. The van der Waals surface area contributed by atoms with Crippen LogP contribution in [0.5, 0.6) is 0 Å². The standard InChI is InChI=1S/C14H28N2O/c1-12-4-5-14(15-2)13(10-12)11-16-6-3-8-17-9-7-16/h12-15H,3-11H2,1-2H3. The van der Waals surface area contributed by atoms with Gasteiger partial charge in [-0.25, -0.2) is 0 Å². The third kappa shape index (κ3) is 3.94. The van der Waals surface area contributed by atoms with Crippen LogP contribution in [-0.2, 0) is 4.74 Å². The van der Waals surface area contributed by atoms with Crippen molar-refractivity contribution in [1.82, 2.24) is 10.2 Å². The molecular weight excluding hydrogens is 212 g/mol. The second kappa shape index (κ2) is 6.72. The minimum Gasteiger partial charge on any atom is -0.380 e. The Kier molecular flexibility index (Phi) is 5.26. The van der Waals surface area contributed by atoms with Crippen molar-refractivity contribution in [2.75, 3.05) is 39.9 Å². The summed E-state index contributed by atoms with van der Waals surface area (Å²) >= 11 is 0. The lowest BCUT2D eigenvalue weighted by atomic mass is 9.78. The Morgan fingerprint density at radius 3 is 2.94 bits per heavy atom. The van der Waals surface area contributed by atoms with Gasteiger partial charge in [0.1, 0.15) is 0 Å². The molecule has 1 saturated heterocycles. The van der Waals surface area contributed by atoms with E-state index in [4.69, 9.17) is 4.74 Å². The fraction of sp³-hybridized carbons (Fsp3) is 1.00. The maximum absolute atomic E-state index is 5.53. The van der Waals surface area contributed by atoms with E-state index in [0.29, 0.717) is 0 Å². The van der Waals surface area contributed by atoms with Gasteiger partial charge in [-0.15, -0.1) is 0 Å². The van der Waals surface area contributed by atoms with Crippen molar-refractivity contribution < 1.29 is 4.74 Å². The summed E-state index contributed by atoms with van der Waals surface area (Å²) in [4.78, 5) is 2.61. The van der Waals surface area contributed by atoms with E-state index >= 15 is 0 Å². The summed E-state index contributed by atoms with van der Waals surface area (Å²) in [5.41, 5.74) is 0. The molecule has 3 heteroatoms. The molecule has 0 spiro atoms. The topological polar surface area (TPSA) is 24.5 Å². The lowest BCUT2D eigenvalue weighted by Crippen LogP contribution is -2.44. The zero-order chi connectivity index (χ0) is 12.1. The summed E-state index contributed by atoms with van der Waals surface area (Å²) in [5, 5.41) is 3.52. The van der Waals surface area contributed by atoms with E-state index in [-0.39, 0.29) is 0 Å². The molecule has 1 heterocycles. The predicted molar refractivity (Wildman–Crippen MR) is 71.2 cm³/mol. The highest BCUT2D eigenvalue weighted by molar-refractivity contribution is 4.85. The first kappa shape index (κ1) is 13.3. The van der Waals surface area contributed by atoms with E-state index in [9.17, 15) is 0 Å². The van der Waals surface area contributed by atoms with Gasteiger partial charge in [0, 0.05) is 32.3 Å². The molecule has 0 radical (unpaired) electrons. The Morgan fingerprint density at radius 2 is 2.12 bits per heavy atom. The van der Waals surface area contributed by atoms with Crippen LogP contribution in [0.1, 0.15) is 32.6 Å². The lowest BCUT2D eigenvalue weighted by molar-refractivity contribution is 0.124. The number of nitrogens with zero attached hydrogens (tertiary/aromatic N) is 1. The molecule has 0 aromatic rings. The normalized spacial score (nSPS) is 36.7. The molecule has 2 aliphatic rings. The van der Waals surface area contributed by atoms with Crippen molar-refractivity contribution in [3.8, 4) is 0 Å². The van der Waals surface area contributed by atoms with Crippen LogP contribution < -0.4 is 5.32 Å². The number of nitrogens with one attached hydrogen (secondary N) is 1. The molecule has 3 nitrogen and oxygen atoms in total. The average Bonchev–Trinajstić information content (AvgIpc) is 2.58. The molecule has 100 valence electrons. The fourth-order valence-electron chi connectivity index (χ4n) is 3.39. The van der Waals surface area contributed by atoms with Gasteiger partial charge in [0.05, 0.1) is 6.61 Å². The smallest absolute Gasteiger partial charge is 0.0593 e. The minimum atomic E-state index is 0.732. The van der Waals surface area contributed by atoms with E-state index in [1.165, 1.54) is 38.8 Å². The van der Waals surface area contributed by atoms with Crippen LogP contribution in [0.2, 0.25) is 0 Å². The van der Waals surface area contributed by atoms with Crippen LogP contribution in [0.15, 0.2) is 0 Å². The highest BCUT2D eigenvalue weighted by atomic mass is 16.5. The van der Waals surface area contributed by atoms with Crippen molar-refractivity contribution in [3.63, 3.8) is 0 Å². The molecule has 0 amide bonds. The van der Waals surface area contributed by atoms with Crippen LogP contribution in [0.4, 0.5) is 0 Å². The van der Waals surface area contributed by atoms with Crippen LogP contribution in [0.3, 0.4) is 0 Å². The first-order chi connectivity index (χ1) is 8.29. The van der Waals surface area contributed by atoms with Gasteiger partial charge in [0.25, 0.3) is 0 Å². The van der Waals surface area contributed by atoms with Crippen molar-refractivity contribution in [2.45, 2.75) is 38.6 Å². The van der Waals surface area contributed by atoms with E-state index in [0.717, 1.165) is 37.6 Å². The van der Waals surface area contributed by atoms with Crippen LogP contribution >= 0.6 is 0 Å². The van der Waals surface area contributed by atoms with Gasteiger partial charge in [0.2, 0.25) is 0 Å². The van der Waals surface area contributed by atoms with E-state index in [2.05, 4.69) is 24.2 Å². The molecule has 1 aliphatic heterocycles. The van der Waals surface area contributed by atoms with E-state index in [1.54, 1.807) is 0 Å². The predicted octanol–water partition coefficient (Wildman–Crippen LogP) is 1.73. The fourth-order valence-corrected chi connectivity index (χ4v) is 3.39. The molecule has 0 bridgehead atoms. The Labute approximate surface area is 106 Å². The molecule has 1 saturated carbocycles. The second-order valence-electron chi connectivity index (χ2n) is 5.84. The van der Waals surface area contributed by atoms with Gasteiger partial charge in [0.15, 0.2) is 0 Å². The Bertz CT molecular complexity index is 214. The van der Waals surface area contributed by atoms with E-state index < -0.39 is 0 Å². The molecule has 2 rings (SSSR count). The summed E-state index contributed by atoms with van der Waals surface area (Å²) in [5.74, 6) is 1.75. The second-order valence-corrected chi connectivity index (χ2v) is 5.84. The largest absolute Gasteiger partial charge is 0.380 e. The van der Waals surface area contributed by atoms with Gasteiger partial charge >= 0.3 is 0 Å². The highest BCUT2D eigenvalue weighted by Gasteiger charge is 2.29. The molecule has 0 aromatic heterocycles. The third-order valence-corrected chi connectivity index (χ3v) is 4.42. The Balaban J connectivity index is 1.85. The number of hydrogen-bond acceptors (Lipinski definition) is 3. The van der Waals surface area contributed by atoms with Crippen LogP contribution in [-0.4, -0.2) is 50.8 Å². The molecule has 1 aliphatic carbocycles. The first-order valence-electron chi connectivity index (χ1n) is 7.27. The minimum absolute atomic E-state index is 0.732. The van der Waals surface area contributed by atoms with Crippen molar-refractivity contribution in [1.29, 1.82) is 0 Å². The summed E-state index contributed by atoms with van der Waals surface area (Å²) in [6.07, 6.45) is 5.34. The number of hydrogen-bond donors (Lipinski definition) is 1. The van der Waals surface area contributed by atoms with Crippen LogP contribution in [0, 0.1) is 11.8 Å². The van der Waals surface area contributed by atoms with E-state index in [1.807, 2.05) is 0 Å². The molecule has 0 aromatic carbocycles. The average molecular weight is 240 g/mol. The van der Waals surface area contributed by atoms with Crippen molar-refractivity contribution in [3.05, 3.63) is 0 Å². The Morgan fingerprint density at radius 1 is 1.24 bits per heavy atom. The third-order valence-electron chi connectivity index (χ3n) is 4.42. The zero-order valence-electron chi connectivity index (χ0n) is 11.5. The SMILES string of the molecule is CNC1CCC(C)CC1CN1CCCOCC1. The van der Waals surface area contributed by atoms with Gasteiger partial charge in [-0.2, -0.15) is 0 Å². The maximum Gasteiger partial charge on any atom is 0.0593 e. The zero-order valence-corrected chi connectivity index (χ0v) is 11.5. The molecule has 1 N–H and O–H groups in total. The van der Waals surface area contributed by atoms with Crippen LogP contribution in [0.25, 0.3) is 0 Å². The number of ether oxygens (including phenoxy) is 1. The molecule has 3 unspecified atom stereocenters. The van der Waals surface area contributed by atoms with Gasteiger partial charge < -0.3 is 15.0 Å². The molecule has 2 fully saturated rings. The summed E-state index contributed by atoms with van der Waals surface area (Å²) in [6.45, 7) is 7.89. The van der Waals surface area contributed by atoms with Gasteiger partial charge in [-0.1, -0.05) is 6.92 Å². The summed E-state index contributed by atoms with van der Waals surface area (Å²) in [6, 6.07) is 0.732. The molecule has 3 atom stereocenters.